The summed E-state index contributed by atoms with van der Waals surface area (Å²) in [5, 5.41) is 4.23. The smallest absolute Gasteiger partial charge is 0.154 e. The lowest BCUT2D eigenvalue weighted by Crippen LogP contribution is -2.12. The van der Waals surface area contributed by atoms with Gasteiger partial charge in [-0.25, -0.2) is 4.98 Å². The Morgan fingerprint density at radius 3 is 2.62 bits per heavy atom. The van der Waals surface area contributed by atoms with Crippen molar-refractivity contribution < 1.29 is 4.74 Å². The fraction of sp³-hybridized carbons (Fsp3) is 0.312. The summed E-state index contributed by atoms with van der Waals surface area (Å²) in [6, 6.07) is 9.83. The molecule has 3 nitrogen and oxygen atoms in total. The van der Waals surface area contributed by atoms with Gasteiger partial charge in [-0.15, -0.1) is 0 Å². The lowest BCUT2D eigenvalue weighted by Gasteiger charge is -2.22. The Morgan fingerprint density at radius 1 is 1.29 bits per heavy atom. The number of ether oxygens (including phenoxy) is 1. The quantitative estimate of drug-likeness (QED) is 0.761. The zero-order valence-corrected chi connectivity index (χ0v) is 13.8. The van der Waals surface area contributed by atoms with Crippen LogP contribution in [0.15, 0.2) is 30.3 Å². The number of nitrogens with zero attached hydrogens (tertiary/aromatic N) is 1. The molecule has 1 N–H and O–H groups in total. The van der Waals surface area contributed by atoms with Crippen LogP contribution in [0.3, 0.4) is 0 Å². The van der Waals surface area contributed by atoms with Crippen LogP contribution in [0.25, 0.3) is 0 Å². The van der Waals surface area contributed by atoms with E-state index < -0.39 is 0 Å². The highest BCUT2D eigenvalue weighted by Crippen LogP contribution is 2.34. The van der Waals surface area contributed by atoms with Gasteiger partial charge in [0.15, 0.2) is 5.15 Å². The third-order valence-corrected chi connectivity index (χ3v) is 3.85. The Bertz CT molecular complexity index is 608. The average Bonchev–Trinajstić information content (AvgIpc) is 2.46. The van der Waals surface area contributed by atoms with Crippen LogP contribution in [0.1, 0.15) is 30.5 Å². The second-order valence-electron chi connectivity index (χ2n) is 4.77. The number of benzene rings is 1. The van der Waals surface area contributed by atoms with Crippen LogP contribution in [0.4, 0.5) is 5.69 Å². The molecule has 1 atom stereocenters. The molecule has 0 amide bonds. The molecule has 0 aliphatic rings. The van der Waals surface area contributed by atoms with Gasteiger partial charge in [-0.2, -0.15) is 0 Å². The van der Waals surface area contributed by atoms with E-state index in [-0.39, 0.29) is 6.04 Å². The maximum atomic E-state index is 6.21. The van der Waals surface area contributed by atoms with Crippen LogP contribution < -0.4 is 10.1 Å². The summed E-state index contributed by atoms with van der Waals surface area (Å²) in [5.74, 6) is 0.854. The van der Waals surface area contributed by atoms with Crippen molar-refractivity contribution in [1.29, 1.82) is 0 Å². The molecular formula is C16H18Cl2N2O. The van der Waals surface area contributed by atoms with E-state index in [9.17, 15) is 0 Å². The van der Waals surface area contributed by atoms with Gasteiger partial charge in [0.25, 0.3) is 0 Å². The minimum Gasteiger partial charge on any atom is -0.496 e. The molecule has 0 aliphatic heterocycles. The zero-order valence-electron chi connectivity index (χ0n) is 12.3. The predicted octanol–water partition coefficient (Wildman–Crippen LogP) is 5.27. The molecule has 0 radical (unpaired) electrons. The second-order valence-corrected chi connectivity index (χ2v) is 5.52. The first-order chi connectivity index (χ1) is 10.1. The van der Waals surface area contributed by atoms with Crippen molar-refractivity contribution in [2.24, 2.45) is 0 Å². The maximum absolute atomic E-state index is 6.21. The molecule has 21 heavy (non-hydrogen) atoms. The second kappa shape index (κ2) is 7.01. The SMILES string of the molecule is CCC(Nc1c(C)cc(Cl)nc1Cl)c1ccccc1OC. The highest BCUT2D eigenvalue weighted by molar-refractivity contribution is 6.34. The summed E-state index contributed by atoms with van der Waals surface area (Å²) in [5.41, 5.74) is 2.86. The molecule has 0 bridgehead atoms. The number of pyridine rings is 1. The standard InChI is InChI=1S/C16H18Cl2N2O/c1-4-12(11-7-5-6-8-13(11)21-3)19-15-10(2)9-14(17)20-16(15)18/h5-9,12,19H,4H2,1-3H3. The topological polar surface area (TPSA) is 34.2 Å². The molecule has 5 heteroatoms. The lowest BCUT2D eigenvalue weighted by atomic mass is 10.0. The first-order valence-electron chi connectivity index (χ1n) is 6.78. The van der Waals surface area contributed by atoms with Gasteiger partial charge < -0.3 is 10.1 Å². The molecule has 0 saturated carbocycles. The van der Waals surface area contributed by atoms with Crippen molar-refractivity contribution in [3.05, 3.63) is 51.8 Å². The Hall–Kier alpha value is -1.45. The summed E-state index contributed by atoms with van der Waals surface area (Å²) in [6.45, 7) is 4.06. The normalized spacial score (nSPS) is 12.0. The van der Waals surface area contributed by atoms with E-state index in [1.165, 1.54) is 0 Å². The third-order valence-electron chi connectivity index (χ3n) is 3.38. The first kappa shape index (κ1) is 15.9. The number of nitrogens with one attached hydrogen (secondary N) is 1. The molecule has 1 aromatic heterocycles. The minimum absolute atomic E-state index is 0.0836. The van der Waals surface area contributed by atoms with Crippen molar-refractivity contribution in [3.63, 3.8) is 0 Å². The van der Waals surface area contributed by atoms with Gasteiger partial charge in [-0.3, -0.25) is 0 Å². The minimum atomic E-state index is 0.0836. The van der Waals surface area contributed by atoms with Gasteiger partial charge >= 0.3 is 0 Å². The Labute approximate surface area is 135 Å². The number of halogens is 2. The average molecular weight is 325 g/mol. The first-order valence-corrected chi connectivity index (χ1v) is 7.54. The molecule has 2 rings (SSSR count). The van der Waals surface area contributed by atoms with Crippen LogP contribution in [0.5, 0.6) is 5.75 Å². The fourth-order valence-corrected chi connectivity index (χ4v) is 2.88. The van der Waals surface area contributed by atoms with Gasteiger partial charge in [0.2, 0.25) is 0 Å². The third kappa shape index (κ3) is 3.60. The number of hydrogen-bond acceptors (Lipinski definition) is 3. The van der Waals surface area contributed by atoms with Crippen molar-refractivity contribution >= 4 is 28.9 Å². The maximum Gasteiger partial charge on any atom is 0.154 e. The van der Waals surface area contributed by atoms with Crippen molar-refractivity contribution in [2.45, 2.75) is 26.3 Å². The number of aromatic nitrogens is 1. The lowest BCUT2D eigenvalue weighted by molar-refractivity contribution is 0.406. The van der Waals surface area contributed by atoms with E-state index in [0.717, 1.165) is 29.0 Å². The number of rotatable bonds is 5. The van der Waals surface area contributed by atoms with Crippen molar-refractivity contribution in [2.75, 3.05) is 12.4 Å². The van der Waals surface area contributed by atoms with Crippen molar-refractivity contribution in [3.8, 4) is 5.75 Å². The van der Waals surface area contributed by atoms with Crippen LogP contribution >= 0.6 is 23.2 Å². The fourth-order valence-electron chi connectivity index (χ4n) is 2.30. The predicted molar refractivity (Wildman–Crippen MR) is 88.6 cm³/mol. The summed E-state index contributed by atoms with van der Waals surface area (Å²) < 4.78 is 5.44. The van der Waals surface area contributed by atoms with Gasteiger partial charge in [0, 0.05) is 5.56 Å². The molecule has 1 heterocycles. The highest BCUT2D eigenvalue weighted by Gasteiger charge is 2.17. The van der Waals surface area contributed by atoms with Crippen LogP contribution in [-0.4, -0.2) is 12.1 Å². The molecular weight excluding hydrogens is 307 g/mol. The van der Waals surface area contributed by atoms with E-state index in [4.69, 9.17) is 27.9 Å². The summed E-state index contributed by atoms with van der Waals surface area (Å²) in [4.78, 5) is 4.10. The van der Waals surface area contributed by atoms with E-state index in [1.54, 1.807) is 13.2 Å². The van der Waals surface area contributed by atoms with E-state index in [1.807, 2.05) is 31.2 Å². The van der Waals surface area contributed by atoms with E-state index >= 15 is 0 Å². The molecule has 0 saturated heterocycles. The molecule has 1 unspecified atom stereocenters. The number of para-hydroxylation sites is 1. The van der Waals surface area contributed by atoms with Gasteiger partial charge in [0.05, 0.1) is 18.8 Å². The summed E-state index contributed by atoms with van der Waals surface area (Å²) in [7, 11) is 1.67. The summed E-state index contributed by atoms with van der Waals surface area (Å²) in [6.07, 6.45) is 0.888. The molecule has 0 fully saturated rings. The largest absolute Gasteiger partial charge is 0.496 e. The molecule has 0 spiro atoms. The summed E-state index contributed by atoms with van der Waals surface area (Å²) >= 11 is 12.1. The number of anilines is 1. The van der Waals surface area contributed by atoms with Crippen molar-refractivity contribution in [1.82, 2.24) is 4.98 Å². The number of methoxy groups -OCH3 is 1. The van der Waals surface area contributed by atoms with Crippen LogP contribution in [-0.2, 0) is 0 Å². The number of hydrogen-bond donors (Lipinski definition) is 1. The zero-order chi connectivity index (χ0) is 15.4. The molecule has 0 aliphatic carbocycles. The Balaban J connectivity index is 2.36. The van der Waals surface area contributed by atoms with Crippen LogP contribution in [0, 0.1) is 6.92 Å². The number of aryl methyl sites for hydroxylation is 1. The van der Waals surface area contributed by atoms with E-state index in [2.05, 4.69) is 17.2 Å². The van der Waals surface area contributed by atoms with E-state index in [0.29, 0.717) is 10.3 Å². The molecule has 2 aromatic rings. The van der Waals surface area contributed by atoms with Gasteiger partial charge in [-0.1, -0.05) is 48.3 Å². The molecule has 1 aromatic carbocycles. The van der Waals surface area contributed by atoms with Gasteiger partial charge in [0.1, 0.15) is 10.9 Å². The van der Waals surface area contributed by atoms with Crippen LogP contribution in [0.2, 0.25) is 10.3 Å². The Kier molecular flexibility index (Phi) is 5.32. The Morgan fingerprint density at radius 2 is 2.00 bits per heavy atom. The monoisotopic (exact) mass is 324 g/mol. The molecule has 112 valence electrons. The highest BCUT2D eigenvalue weighted by atomic mass is 35.5. The van der Waals surface area contributed by atoms with Gasteiger partial charge in [-0.05, 0) is 31.0 Å².